The normalized spacial score (nSPS) is 10.2. The Morgan fingerprint density at radius 3 is 2.45 bits per heavy atom. The summed E-state index contributed by atoms with van der Waals surface area (Å²) in [6, 6.07) is 2.12. The van der Waals surface area contributed by atoms with Crippen molar-refractivity contribution in [2.75, 3.05) is 0 Å². The Morgan fingerprint density at radius 1 is 1.27 bits per heavy atom. The second-order valence-corrected chi connectivity index (χ2v) is 2.62. The van der Waals surface area contributed by atoms with Crippen LogP contribution in [-0.4, -0.2) is 0 Å². The Morgan fingerprint density at radius 2 is 1.91 bits per heavy atom. The molecule has 60 valence electrons. The van der Waals surface area contributed by atoms with E-state index in [-0.39, 0.29) is 5.02 Å². The van der Waals surface area contributed by atoms with Crippen LogP contribution < -0.4 is 0 Å². The highest BCUT2D eigenvalue weighted by Gasteiger charge is 2.05. The third-order valence-corrected chi connectivity index (χ3v) is 1.76. The zero-order chi connectivity index (χ0) is 8.43. The van der Waals surface area contributed by atoms with Gasteiger partial charge in [-0.3, -0.25) is 0 Å². The van der Waals surface area contributed by atoms with Crippen molar-refractivity contribution in [3.8, 4) is 0 Å². The van der Waals surface area contributed by atoms with Crippen LogP contribution in [0.15, 0.2) is 12.1 Å². The number of benzene rings is 1. The van der Waals surface area contributed by atoms with Crippen LogP contribution in [0.4, 0.5) is 8.78 Å². The molecule has 0 spiro atoms. The van der Waals surface area contributed by atoms with Gasteiger partial charge in [0.1, 0.15) is 11.6 Å². The van der Waals surface area contributed by atoms with E-state index in [0.717, 1.165) is 12.1 Å². The largest absolute Gasteiger partial charge is 0.207 e. The molecule has 0 aliphatic heterocycles. The van der Waals surface area contributed by atoms with E-state index in [2.05, 4.69) is 0 Å². The van der Waals surface area contributed by atoms with Crippen molar-refractivity contribution in [3.63, 3.8) is 0 Å². The van der Waals surface area contributed by atoms with Crippen LogP contribution in [0.25, 0.3) is 0 Å². The molecule has 0 heterocycles. The molecule has 11 heavy (non-hydrogen) atoms. The van der Waals surface area contributed by atoms with Gasteiger partial charge in [-0.15, -0.1) is 0 Å². The van der Waals surface area contributed by atoms with Gasteiger partial charge in [0.2, 0.25) is 0 Å². The van der Waals surface area contributed by atoms with Gasteiger partial charge in [0.05, 0.1) is 5.02 Å². The molecule has 0 fully saturated rings. The highest BCUT2D eigenvalue weighted by molar-refractivity contribution is 6.30. The van der Waals surface area contributed by atoms with Gasteiger partial charge in [0, 0.05) is 0 Å². The van der Waals surface area contributed by atoms with Crippen LogP contribution >= 0.6 is 11.6 Å². The molecule has 0 saturated carbocycles. The average molecular weight is 177 g/mol. The number of halogens is 3. The van der Waals surface area contributed by atoms with Gasteiger partial charge in [0.15, 0.2) is 0 Å². The van der Waals surface area contributed by atoms with E-state index in [1.54, 1.807) is 6.92 Å². The summed E-state index contributed by atoms with van der Waals surface area (Å²) < 4.78 is 25.4. The Labute approximate surface area is 68.8 Å². The van der Waals surface area contributed by atoms with Crippen molar-refractivity contribution < 1.29 is 8.78 Å². The van der Waals surface area contributed by atoms with Gasteiger partial charge in [-0.05, 0) is 24.1 Å². The zero-order valence-electron chi connectivity index (χ0n) is 6.00. The van der Waals surface area contributed by atoms with Crippen LogP contribution in [0, 0.1) is 11.6 Å². The first-order valence-electron chi connectivity index (χ1n) is 3.28. The van der Waals surface area contributed by atoms with E-state index in [0.29, 0.717) is 12.0 Å². The SMILES string of the molecule is CCc1cc(F)c(Cl)cc1F. The summed E-state index contributed by atoms with van der Waals surface area (Å²) >= 11 is 5.33. The second kappa shape index (κ2) is 3.18. The molecule has 0 atom stereocenters. The molecule has 0 aromatic heterocycles. The van der Waals surface area contributed by atoms with Gasteiger partial charge in [-0.25, -0.2) is 8.78 Å². The number of hydrogen-bond acceptors (Lipinski definition) is 0. The van der Waals surface area contributed by atoms with Gasteiger partial charge >= 0.3 is 0 Å². The van der Waals surface area contributed by atoms with Crippen LogP contribution in [0.5, 0.6) is 0 Å². The zero-order valence-corrected chi connectivity index (χ0v) is 6.75. The van der Waals surface area contributed by atoms with Gasteiger partial charge in [0.25, 0.3) is 0 Å². The lowest BCUT2D eigenvalue weighted by Gasteiger charge is -2.00. The quantitative estimate of drug-likeness (QED) is 0.577. The molecule has 1 aromatic rings. The molecular formula is C8H7ClF2. The van der Waals surface area contributed by atoms with Crippen LogP contribution in [0.1, 0.15) is 12.5 Å². The molecule has 0 N–H and O–H groups in total. The van der Waals surface area contributed by atoms with E-state index in [1.807, 2.05) is 0 Å². The fourth-order valence-corrected chi connectivity index (χ4v) is 0.985. The van der Waals surface area contributed by atoms with Crippen molar-refractivity contribution in [1.82, 2.24) is 0 Å². The third-order valence-electron chi connectivity index (χ3n) is 1.47. The van der Waals surface area contributed by atoms with E-state index < -0.39 is 11.6 Å². The van der Waals surface area contributed by atoms with Crippen molar-refractivity contribution >= 4 is 11.6 Å². The van der Waals surface area contributed by atoms with Gasteiger partial charge < -0.3 is 0 Å². The molecule has 0 nitrogen and oxygen atoms in total. The maximum Gasteiger partial charge on any atom is 0.142 e. The Kier molecular flexibility index (Phi) is 2.45. The molecule has 0 aliphatic carbocycles. The van der Waals surface area contributed by atoms with Crippen molar-refractivity contribution in [2.24, 2.45) is 0 Å². The summed E-state index contributed by atoms with van der Waals surface area (Å²) in [5, 5.41) is -0.167. The molecular weight excluding hydrogens is 170 g/mol. The van der Waals surface area contributed by atoms with Crippen LogP contribution in [0.3, 0.4) is 0 Å². The Balaban J connectivity index is 3.21. The van der Waals surface area contributed by atoms with Crippen molar-refractivity contribution in [3.05, 3.63) is 34.4 Å². The molecule has 0 saturated heterocycles. The van der Waals surface area contributed by atoms with E-state index >= 15 is 0 Å². The lowest BCUT2D eigenvalue weighted by molar-refractivity contribution is 0.587. The first kappa shape index (κ1) is 8.47. The van der Waals surface area contributed by atoms with E-state index in [4.69, 9.17) is 11.6 Å². The van der Waals surface area contributed by atoms with Crippen molar-refractivity contribution in [2.45, 2.75) is 13.3 Å². The smallest absolute Gasteiger partial charge is 0.142 e. The molecule has 0 aliphatic rings. The number of rotatable bonds is 1. The van der Waals surface area contributed by atoms with Crippen LogP contribution in [-0.2, 0) is 6.42 Å². The van der Waals surface area contributed by atoms with Gasteiger partial charge in [-0.1, -0.05) is 18.5 Å². The minimum atomic E-state index is -0.565. The fraction of sp³-hybridized carbons (Fsp3) is 0.250. The lowest BCUT2D eigenvalue weighted by Crippen LogP contribution is -1.89. The topological polar surface area (TPSA) is 0 Å². The maximum absolute atomic E-state index is 12.8. The minimum absolute atomic E-state index is 0.167. The highest BCUT2D eigenvalue weighted by atomic mass is 35.5. The molecule has 1 aromatic carbocycles. The first-order chi connectivity index (χ1) is 5.15. The predicted octanol–water partition coefficient (Wildman–Crippen LogP) is 3.18. The van der Waals surface area contributed by atoms with Crippen LogP contribution in [0.2, 0.25) is 5.02 Å². The fourth-order valence-electron chi connectivity index (χ4n) is 0.835. The minimum Gasteiger partial charge on any atom is -0.207 e. The molecule has 1 rings (SSSR count). The number of aryl methyl sites for hydroxylation is 1. The molecule has 0 radical (unpaired) electrons. The summed E-state index contributed by atoms with van der Waals surface area (Å²) in [6.45, 7) is 1.76. The summed E-state index contributed by atoms with van der Waals surface area (Å²) in [5.41, 5.74) is 0.354. The first-order valence-corrected chi connectivity index (χ1v) is 3.66. The summed E-state index contributed by atoms with van der Waals surface area (Å²) in [7, 11) is 0. The molecule has 0 bridgehead atoms. The summed E-state index contributed by atoms with van der Waals surface area (Å²) in [4.78, 5) is 0. The third kappa shape index (κ3) is 1.69. The maximum atomic E-state index is 12.8. The Hall–Kier alpha value is -0.630. The van der Waals surface area contributed by atoms with Crippen molar-refractivity contribution in [1.29, 1.82) is 0 Å². The summed E-state index contributed by atoms with van der Waals surface area (Å²) in [6.07, 6.45) is 0.472. The molecule has 0 unspecified atom stereocenters. The van der Waals surface area contributed by atoms with E-state index in [1.165, 1.54) is 0 Å². The van der Waals surface area contributed by atoms with E-state index in [9.17, 15) is 8.78 Å². The average Bonchev–Trinajstić information content (AvgIpc) is 1.97. The lowest BCUT2D eigenvalue weighted by atomic mass is 10.1. The highest BCUT2D eigenvalue weighted by Crippen LogP contribution is 2.19. The monoisotopic (exact) mass is 176 g/mol. The standard InChI is InChI=1S/C8H7ClF2/c1-2-5-3-8(11)6(9)4-7(5)10/h3-4H,2H2,1H3. The predicted molar refractivity (Wildman–Crippen MR) is 40.7 cm³/mol. The van der Waals surface area contributed by atoms with Gasteiger partial charge in [-0.2, -0.15) is 0 Å². The molecule has 0 amide bonds. The second-order valence-electron chi connectivity index (χ2n) is 2.21. The number of hydrogen-bond donors (Lipinski definition) is 0. The molecule has 3 heteroatoms. The summed E-state index contributed by atoms with van der Waals surface area (Å²) in [5.74, 6) is -1.01. The Bertz CT molecular complexity index is 271.